The minimum Gasteiger partial charge on any atom is -0.462 e. The van der Waals surface area contributed by atoms with Crippen LogP contribution in [0.15, 0.2) is 36.4 Å². The Morgan fingerprint density at radius 3 is 2.48 bits per heavy atom. The van der Waals surface area contributed by atoms with Gasteiger partial charge in [0.25, 0.3) is 0 Å². The monoisotopic (exact) mass is 315 g/mol. The van der Waals surface area contributed by atoms with Gasteiger partial charge in [-0.1, -0.05) is 20.4 Å². The molecule has 1 aliphatic rings. The van der Waals surface area contributed by atoms with E-state index in [4.69, 9.17) is 4.74 Å². The van der Waals surface area contributed by atoms with Gasteiger partial charge < -0.3 is 10.1 Å². The summed E-state index contributed by atoms with van der Waals surface area (Å²) in [5, 5.41) is 2.93. The van der Waals surface area contributed by atoms with Crippen LogP contribution >= 0.6 is 0 Å². The van der Waals surface area contributed by atoms with E-state index in [1.165, 1.54) is 0 Å². The van der Waals surface area contributed by atoms with Gasteiger partial charge in [0.1, 0.15) is 6.04 Å². The SMILES string of the molecule is C=C1C(=O)C(Nc2ccc(C(=O)OCC)cc2)C(=O)CC1(C)C. The van der Waals surface area contributed by atoms with E-state index in [9.17, 15) is 14.4 Å². The molecule has 2 rings (SSSR count). The van der Waals surface area contributed by atoms with E-state index in [1.54, 1.807) is 31.2 Å². The maximum Gasteiger partial charge on any atom is 0.338 e. The van der Waals surface area contributed by atoms with Gasteiger partial charge in [-0.15, -0.1) is 0 Å². The van der Waals surface area contributed by atoms with Gasteiger partial charge >= 0.3 is 5.97 Å². The van der Waals surface area contributed by atoms with Crippen molar-refractivity contribution in [1.82, 2.24) is 0 Å². The smallest absolute Gasteiger partial charge is 0.338 e. The first kappa shape index (κ1) is 16.9. The van der Waals surface area contributed by atoms with Gasteiger partial charge in [0.15, 0.2) is 11.6 Å². The molecule has 0 heterocycles. The highest BCUT2D eigenvalue weighted by atomic mass is 16.5. The number of hydrogen-bond donors (Lipinski definition) is 1. The summed E-state index contributed by atoms with van der Waals surface area (Å²) in [6, 6.07) is 5.57. The Kier molecular flexibility index (Phi) is 4.68. The Bertz CT molecular complexity index is 658. The van der Waals surface area contributed by atoms with Crippen LogP contribution < -0.4 is 5.32 Å². The van der Waals surface area contributed by atoms with Crippen molar-refractivity contribution in [2.45, 2.75) is 33.2 Å². The van der Waals surface area contributed by atoms with Crippen molar-refractivity contribution in [3.63, 3.8) is 0 Å². The lowest BCUT2D eigenvalue weighted by Crippen LogP contribution is -2.47. The van der Waals surface area contributed by atoms with Crippen molar-refractivity contribution in [2.75, 3.05) is 11.9 Å². The summed E-state index contributed by atoms with van der Waals surface area (Å²) in [5.74, 6) is -0.832. The Morgan fingerprint density at radius 2 is 1.91 bits per heavy atom. The standard InChI is InChI=1S/C18H21NO4/c1-5-23-17(22)12-6-8-13(9-7-12)19-15-14(20)10-18(3,4)11(2)16(15)21/h6-9,15,19H,2,5,10H2,1,3-4H3. The zero-order valence-electron chi connectivity index (χ0n) is 13.6. The zero-order chi connectivity index (χ0) is 17.2. The van der Waals surface area contributed by atoms with Gasteiger partial charge in [-0.2, -0.15) is 0 Å². The fraction of sp³-hybridized carbons (Fsp3) is 0.389. The first-order valence-corrected chi connectivity index (χ1v) is 7.56. The van der Waals surface area contributed by atoms with Crippen molar-refractivity contribution >= 4 is 23.2 Å². The number of carbonyl (C=O) groups is 3. The van der Waals surface area contributed by atoms with Crippen LogP contribution in [0.3, 0.4) is 0 Å². The summed E-state index contributed by atoms with van der Waals surface area (Å²) in [6.45, 7) is 9.56. The Morgan fingerprint density at radius 1 is 1.30 bits per heavy atom. The van der Waals surface area contributed by atoms with Crippen LogP contribution in [0.5, 0.6) is 0 Å². The van der Waals surface area contributed by atoms with Gasteiger partial charge in [0.05, 0.1) is 12.2 Å². The molecular formula is C18H21NO4. The molecule has 0 radical (unpaired) electrons. The van der Waals surface area contributed by atoms with Crippen LogP contribution in [0.1, 0.15) is 37.6 Å². The first-order valence-electron chi connectivity index (χ1n) is 7.56. The molecule has 0 saturated heterocycles. The molecule has 1 aromatic rings. The maximum absolute atomic E-state index is 12.4. The number of benzene rings is 1. The van der Waals surface area contributed by atoms with E-state index in [0.717, 1.165) is 0 Å². The lowest BCUT2D eigenvalue weighted by molar-refractivity contribution is -0.130. The number of carbonyl (C=O) groups excluding carboxylic acids is 3. The third kappa shape index (κ3) is 3.50. The topological polar surface area (TPSA) is 72.5 Å². The average molecular weight is 315 g/mol. The largest absolute Gasteiger partial charge is 0.462 e. The molecule has 1 atom stereocenters. The van der Waals surface area contributed by atoms with E-state index in [-0.39, 0.29) is 18.0 Å². The number of esters is 1. The van der Waals surface area contributed by atoms with Gasteiger partial charge in [-0.25, -0.2) is 4.79 Å². The molecule has 0 spiro atoms. The summed E-state index contributed by atoms with van der Waals surface area (Å²) >= 11 is 0. The van der Waals surface area contributed by atoms with Crippen molar-refractivity contribution in [2.24, 2.45) is 5.41 Å². The van der Waals surface area contributed by atoms with Crippen molar-refractivity contribution < 1.29 is 19.1 Å². The van der Waals surface area contributed by atoms with E-state index in [0.29, 0.717) is 23.4 Å². The van der Waals surface area contributed by atoms with E-state index >= 15 is 0 Å². The number of Topliss-reactive ketones (excluding diaryl/α,β-unsaturated/α-hetero) is 2. The van der Waals surface area contributed by atoms with E-state index in [2.05, 4.69) is 11.9 Å². The predicted molar refractivity (Wildman–Crippen MR) is 87.4 cm³/mol. The molecule has 1 aliphatic carbocycles. The van der Waals surface area contributed by atoms with Crippen molar-refractivity contribution in [1.29, 1.82) is 0 Å². The third-order valence-electron chi connectivity index (χ3n) is 4.02. The normalized spacial score (nSPS) is 20.3. The molecule has 0 aliphatic heterocycles. The molecule has 1 unspecified atom stereocenters. The molecule has 0 amide bonds. The summed E-state index contributed by atoms with van der Waals surface area (Å²) in [7, 11) is 0. The zero-order valence-corrected chi connectivity index (χ0v) is 13.6. The van der Waals surface area contributed by atoms with Crippen LogP contribution in [-0.2, 0) is 14.3 Å². The summed E-state index contributed by atoms with van der Waals surface area (Å²) < 4.78 is 4.91. The summed E-state index contributed by atoms with van der Waals surface area (Å²) in [5.41, 5.74) is 0.972. The number of rotatable bonds is 4. The van der Waals surface area contributed by atoms with Crippen LogP contribution in [0.4, 0.5) is 5.69 Å². The Labute approximate surface area is 135 Å². The highest BCUT2D eigenvalue weighted by molar-refractivity contribution is 6.18. The molecule has 122 valence electrons. The second-order valence-corrected chi connectivity index (χ2v) is 6.24. The van der Waals surface area contributed by atoms with Gasteiger partial charge in [-0.05, 0) is 42.2 Å². The fourth-order valence-corrected chi connectivity index (χ4v) is 2.53. The molecule has 1 fully saturated rings. The van der Waals surface area contributed by atoms with Crippen molar-refractivity contribution in [3.05, 3.63) is 42.0 Å². The molecular weight excluding hydrogens is 294 g/mol. The molecule has 23 heavy (non-hydrogen) atoms. The molecule has 1 saturated carbocycles. The highest BCUT2D eigenvalue weighted by Gasteiger charge is 2.42. The summed E-state index contributed by atoms with van der Waals surface area (Å²) in [6.07, 6.45) is 0.274. The third-order valence-corrected chi connectivity index (χ3v) is 4.02. The highest BCUT2D eigenvalue weighted by Crippen LogP contribution is 2.36. The first-order chi connectivity index (χ1) is 10.8. The quantitative estimate of drug-likeness (QED) is 0.525. The fourth-order valence-electron chi connectivity index (χ4n) is 2.53. The maximum atomic E-state index is 12.4. The van der Waals surface area contributed by atoms with Crippen LogP contribution in [0.25, 0.3) is 0 Å². The van der Waals surface area contributed by atoms with E-state index < -0.39 is 17.4 Å². The minimum absolute atomic E-state index is 0.151. The molecule has 1 aromatic carbocycles. The lowest BCUT2D eigenvalue weighted by Gasteiger charge is -2.34. The minimum atomic E-state index is -0.913. The number of ether oxygens (including phenoxy) is 1. The van der Waals surface area contributed by atoms with E-state index in [1.807, 2.05) is 13.8 Å². The average Bonchev–Trinajstić information content (AvgIpc) is 2.50. The number of nitrogens with one attached hydrogen (secondary N) is 1. The van der Waals surface area contributed by atoms with Gasteiger partial charge in [-0.3, -0.25) is 9.59 Å². The number of hydrogen-bond acceptors (Lipinski definition) is 5. The molecule has 5 heteroatoms. The number of anilines is 1. The second kappa shape index (κ2) is 6.36. The molecule has 1 N–H and O–H groups in total. The Hall–Kier alpha value is -2.43. The Balaban J connectivity index is 2.13. The lowest BCUT2D eigenvalue weighted by atomic mass is 9.71. The van der Waals surface area contributed by atoms with Gasteiger partial charge in [0.2, 0.25) is 0 Å². The summed E-state index contributed by atoms with van der Waals surface area (Å²) in [4.78, 5) is 36.2. The van der Waals surface area contributed by atoms with Crippen LogP contribution in [0, 0.1) is 5.41 Å². The van der Waals surface area contributed by atoms with Crippen molar-refractivity contribution in [3.8, 4) is 0 Å². The molecule has 0 bridgehead atoms. The van der Waals surface area contributed by atoms with Crippen LogP contribution in [0.2, 0.25) is 0 Å². The van der Waals surface area contributed by atoms with Gasteiger partial charge in [0, 0.05) is 12.1 Å². The number of ketones is 2. The molecule has 0 aromatic heterocycles. The molecule has 5 nitrogen and oxygen atoms in total. The second-order valence-electron chi connectivity index (χ2n) is 6.24. The van der Waals surface area contributed by atoms with Crippen LogP contribution in [-0.4, -0.2) is 30.2 Å². The predicted octanol–water partition coefficient (Wildman–Crippen LogP) is 2.77.